The molecule has 1 amide bonds. The molecule has 0 spiro atoms. The number of carbonyl (C=O) groups excluding carboxylic acids is 2. The van der Waals surface area contributed by atoms with Gasteiger partial charge in [-0.15, -0.1) is 0 Å². The summed E-state index contributed by atoms with van der Waals surface area (Å²) in [6, 6.07) is -0.627. The van der Waals surface area contributed by atoms with Gasteiger partial charge < -0.3 is 20.3 Å². The molecular formula is C74H137NO5. The van der Waals surface area contributed by atoms with Crippen LogP contribution in [0.15, 0.2) is 60.8 Å². The Morgan fingerprint density at radius 1 is 0.350 bits per heavy atom. The van der Waals surface area contributed by atoms with Gasteiger partial charge in [0.2, 0.25) is 5.91 Å². The monoisotopic (exact) mass is 1120 g/mol. The summed E-state index contributed by atoms with van der Waals surface area (Å²) in [5.74, 6) is -0.0653. The molecule has 0 aromatic heterocycles. The fraction of sp³-hybridized carbons (Fsp3) is 0.838. The lowest BCUT2D eigenvalue weighted by Gasteiger charge is -2.20. The van der Waals surface area contributed by atoms with E-state index in [2.05, 4.69) is 67.8 Å². The zero-order valence-corrected chi connectivity index (χ0v) is 53.6. The first-order chi connectivity index (χ1) is 39.5. The number of unbranched alkanes of at least 4 members (excludes halogenated alkanes) is 47. The molecule has 3 N–H and O–H groups in total. The van der Waals surface area contributed by atoms with E-state index in [4.69, 9.17) is 4.74 Å². The van der Waals surface area contributed by atoms with Gasteiger partial charge in [0.1, 0.15) is 0 Å². The molecule has 2 unspecified atom stereocenters. The van der Waals surface area contributed by atoms with Crippen molar-refractivity contribution in [1.82, 2.24) is 5.32 Å². The first kappa shape index (κ1) is 77.6. The number of allylic oxidation sites excluding steroid dienone is 9. The van der Waals surface area contributed by atoms with Gasteiger partial charge in [0, 0.05) is 12.8 Å². The van der Waals surface area contributed by atoms with Gasteiger partial charge in [-0.25, -0.2) is 0 Å². The van der Waals surface area contributed by atoms with Crippen LogP contribution < -0.4 is 5.32 Å². The molecule has 0 radical (unpaired) electrons. The van der Waals surface area contributed by atoms with Crippen LogP contribution in [0.25, 0.3) is 0 Å². The van der Waals surface area contributed by atoms with E-state index >= 15 is 0 Å². The lowest BCUT2D eigenvalue weighted by Crippen LogP contribution is -2.45. The van der Waals surface area contributed by atoms with Crippen molar-refractivity contribution in [2.45, 2.75) is 386 Å². The second-order valence-electron chi connectivity index (χ2n) is 24.2. The molecule has 0 heterocycles. The van der Waals surface area contributed by atoms with Crippen molar-refractivity contribution in [3.8, 4) is 0 Å². The molecule has 0 aliphatic rings. The third-order valence-corrected chi connectivity index (χ3v) is 16.3. The topological polar surface area (TPSA) is 95.9 Å². The molecule has 2 atom stereocenters. The summed E-state index contributed by atoms with van der Waals surface area (Å²) in [5, 5.41) is 23.2. The summed E-state index contributed by atoms with van der Waals surface area (Å²) in [5.41, 5.74) is 0. The Balaban J connectivity index is 3.40. The van der Waals surface area contributed by atoms with E-state index in [0.29, 0.717) is 19.4 Å². The molecule has 0 aromatic carbocycles. The summed E-state index contributed by atoms with van der Waals surface area (Å²) < 4.78 is 5.48. The zero-order valence-electron chi connectivity index (χ0n) is 53.6. The van der Waals surface area contributed by atoms with Crippen LogP contribution in [0.1, 0.15) is 373 Å². The fourth-order valence-electron chi connectivity index (χ4n) is 10.8. The maximum Gasteiger partial charge on any atom is 0.305 e. The van der Waals surface area contributed by atoms with Crippen molar-refractivity contribution >= 4 is 11.9 Å². The number of esters is 1. The first-order valence-corrected chi connectivity index (χ1v) is 35.6. The third-order valence-electron chi connectivity index (χ3n) is 16.3. The Morgan fingerprint density at radius 3 is 0.988 bits per heavy atom. The maximum absolute atomic E-state index is 12.5. The van der Waals surface area contributed by atoms with E-state index in [9.17, 15) is 19.8 Å². The number of aliphatic hydroxyl groups is 2. The first-order valence-electron chi connectivity index (χ1n) is 35.6. The molecule has 80 heavy (non-hydrogen) atoms. The van der Waals surface area contributed by atoms with Crippen molar-refractivity contribution in [3.63, 3.8) is 0 Å². The van der Waals surface area contributed by atoms with E-state index in [-0.39, 0.29) is 18.5 Å². The average molecular weight is 1120 g/mol. The van der Waals surface area contributed by atoms with Crippen molar-refractivity contribution < 1.29 is 24.5 Å². The van der Waals surface area contributed by atoms with E-state index in [1.807, 2.05) is 6.08 Å². The van der Waals surface area contributed by atoms with Crippen LogP contribution in [0, 0.1) is 0 Å². The van der Waals surface area contributed by atoms with E-state index in [1.54, 1.807) is 6.08 Å². The molecular weight excluding hydrogens is 983 g/mol. The van der Waals surface area contributed by atoms with Crippen LogP contribution in [0.3, 0.4) is 0 Å². The summed E-state index contributed by atoms with van der Waals surface area (Å²) in [6.45, 7) is 4.87. The minimum absolute atomic E-state index is 0.000979. The van der Waals surface area contributed by atoms with Gasteiger partial charge >= 0.3 is 5.97 Å². The lowest BCUT2D eigenvalue weighted by atomic mass is 10.0. The van der Waals surface area contributed by atoms with E-state index in [1.165, 1.54) is 289 Å². The second kappa shape index (κ2) is 69.1. The highest BCUT2D eigenvalue weighted by atomic mass is 16.5. The molecule has 0 aliphatic carbocycles. The van der Waals surface area contributed by atoms with Gasteiger partial charge in [-0.1, -0.05) is 331 Å². The molecule has 0 fully saturated rings. The number of ether oxygens (including phenoxy) is 1. The van der Waals surface area contributed by atoms with Gasteiger partial charge in [0.15, 0.2) is 0 Å². The zero-order chi connectivity index (χ0) is 57.8. The van der Waals surface area contributed by atoms with E-state index < -0.39 is 12.1 Å². The highest BCUT2D eigenvalue weighted by molar-refractivity contribution is 5.76. The van der Waals surface area contributed by atoms with Gasteiger partial charge in [0.05, 0.1) is 25.4 Å². The van der Waals surface area contributed by atoms with Crippen molar-refractivity contribution in [2.24, 2.45) is 0 Å². The number of hydrogen-bond acceptors (Lipinski definition) is 5. The predicted molar refractivity (Wildman–Crippen MR) is 352 cm³/mol. The Bertz CT molecular complexity index is 1380. The number of carbonyl (C=O) groups is 2. The average Bonchev–Trinajstić information content (AvgIpc) is 3.46. The van der Waals surface area contributed by atoms with Crippen molar-refractivity contribution in [1.29, 1.82) is 0 Å². The smallest absolute Gasteiger partial charge is 0.305 e. The van der Waals surface area contributed by atoms with Crippen molar-refractivity contribution in [2.75, 3.05) is 13.2 Å². The number of aliphatic hydroxyl groups excluding tert-OH is 2. The number of hydrogen-bond donors (Lipinski definition) is 3. The standard InChI is InChI=1S/C74H137NO5/c1-3-5-7-9-11-13-15-17-19-39-42-46-50-54-58-62-66-72(77)71(70-76)75-73(78)67-63-59-55-51-47-43-40-37-35-33-31-29-27-25-23-21-20-22-24-26-28-30-32-34-36-38-41-45-49-53-57-61-65-69-80-74(79)68-64-60-56-52-48-44-18-16-14-12-10-8-6-4-2/h10,12,16,18,24,26,30,32,62,66,71-72,76-77H,3-9,11,13-15,17,19-23,25,27-29,31,33-61,63-65,67-70H2,1-2H3,(H,75,78)/b12-10-,18-16-,26-24-,32-30-,66-62+. The van der Waals surface area contributed by atoms with E-state index in [0.717, 1.165) is 57.8 Å². The Hall–Kier alpha value is -2.44. The minimum atomic E-state index is -0.844. The number of amides is 1. The van der Waals surface area contributed by atoms with Crippen molar-refractivity contribution in [3.05, 3.63) is 60.8 Å². The van der Waals surface area contributed by atoms with Gasteiger partial charge in [-0.3, -0.25) is 9.59 Å². The Kier molecular flexibility index (Phi) is 66.9. The maximum atomic E-state index is 12.5. The van der Waals surface area contributed by atoms with Crippen LogP contribution in [-0.4, -0.2) is 47.4 Å². The highest BCUT2D eigenvalue weighted by Crippen LogP contribution is 2.18. The normalized spacial score (nSPS) is 12.9. The predicted octanol–water partition coefficient (Wildman–Crippen LogP) is 23.0. The summed E-state index contributed by atoms with van der Waals surface area (Å²) in [4.78, 5) is 24.5. The summed E-state index contributed by atoms with van der Waals surface area (Å²) >= 11 is 0. The molecule has 0 aromatic rings. The minimum Gasteiger partial charge on any atom is -0.466 e. The Labute approximate surface area is 499 Å². The van der Waals surface area contributed by atoms with Crippen LogP contribution in [0.2, 0.25) is 0 Å². The largest absolute Gasteiger partial charge is 0.466 e. The molecule has 6 heteroatoms. The van der Waals surface area contributed by atoms with Gasteiger partial charge in [-0.2, -0.15) is 0 Å². The summed E-state index contributed by atoms with van der Waals surface area (Å²) in [6.07, 6.45) is 91.6. The molecule has 6 nitrogen and oxygen atoms in total. The van der Waals surface area contributed by atoms with Crippen LogP contribution >= 0.6 is 0 Å². The molecule has 0 bridgehead atoms. The highest BCUT2D eigenvalue weighted by Gasteiger charge is 2.18. The van der Waals surface area contributed by atoms with Gasteiger partial charge in [-0.05, 0) is 89.9 Å². The molecule has 0 saturated heterocycles. The molecule has 468 valence electrons. The van der Waals surface area contributed by atoms with Crippen LogP contribution in [0.5, 0.6) is 0 Å². The summed E-state index contributed by atoms with van der Waals surface area (Å²) in [7, 11) is 0. The molecule has 0 saturated carbocycles. The second-order valence-corrected chi connectivity index (χ2v) is 24.2. The number of rotatable bonds is 66. The third kappa shape index (κ3) is 64.7. The Morgan fingerprint density at radius 2 is 0.637 bits per heavy atom. The van der Waals surface area contributed by atoms with Gasteiger partial charge in [0.25, 0.3) is 0 Å². The lowest BCUT2D eigenvalue weighted by molar-refractivity contribution is -0.143. The van der Waals surface area contributed by atoms with Crippen LogP contribution in [-0.2, 0) is 14.3 Å². The SMILES string of the molecule is CCCC/C=C\C/C=C\CCCCCCCC(=O)OCCCCCCCCCCC/C=C\C/C=C\CCCCCCCCCCCCCCCCCCCC(=O)NC(CO)C(O)/C=C/CCCCCCCCCCCCCCCC. The quantitative estimate of drug-likeness (QED) is 0.0320. The molecule has 0 rings (SSSR count). The number of nitrogens with one attached hydrogen (secondary N) is 1. The van der Waals surface area contributed by atoms with Crippen LogP contribution in [0.4, 0.5) is 0 Å². The molecule has 0 aliphatic heterocycles. The fourth-order valence-corrected chi connectivity index (χ4v) is 10.8.